The van der Waals surface area contributed by atoms with Crippen molar-refractivity contribution in [3.05, 3.63) is 34.3 Å². The van der Waals surface area contributed by atoms with Crippen molar-refractivity contribution in [2.24, 2.45) is 0 Å². The summed E-state index contributed by atoms with van der Waals surface area (Å²) >= 11 is 3.49. The number of rotatable bonds is 5. The summed E-state index contributed by atoms with van der Waals surface area (Å²) < 4.78 is 1.13. The summed E-state index contributed by atoms with van der Waals surface area (Å²) in [4.78, 5) is 0. The fourth-order valence-electron chi connectivity index (χ4n) is 1.46. The van der Waals surface area contributed by atoms with Crippen LogP contribution < -0.4 is 10.6 Å². The summed E-state index contributed by atoms with van der Waals surface area (Å²) in [6.45, 7) is 5.27. The van der Waals surface area contributed by atoms with E-state index in [4.69, 9.17) is 0 Å². The fourth-order valence-corrected chi connectivity index (χ4v) is 1.88. The van der Waals surface area contributed by atoms with Crippen molar-refractivity contribution in [3.63, 3.8) is 0 Å². The number of benzene rings is 1. The Labute approximate surface area is 101 Å². The average Bonchev–Trinajstić information content (AvgIpc) is 2.18. The van der Waals surface area contributed by atoms with Crippen molar-refractivity contribution < 1.29 is 0 Å². The van der Waals surface area contributed by atoms with Crippen LogP contribution in [0.1, 0.15) is 25.5 Å². The molecule has 3 heteroatoms. The number of likely N-dealkylation sites (N-methyl/N-ethyl adjacent to an activating group) is 1. The highest BCUT2D eigenvalue weighted by Crippen LogP contribution is 2.17. The maximum atomic E-state index is 3.49. The van der Waals surface area contributed by atoms with Gasteiger partial charge in [0.05, 0.1) is 0 Å². The lowest BCUT2D eigenvalue weighted by Crippen LogP contribution is -2.33. The molecule has 0 saturated heterocycles. The topological polar surface area (TPSA) is 24.1 Å². The van der Waals surface area contributed by atoms with Crippen molar-refractivity contribution in [1.82, 2.24) is 10.6 Å². The zero-order valence-corrected chi connectivity index (χ0v) is 11.1. The van der Waals surface area contributed by atoms with Crippen molar-refractivity contribution in [2.45, 2.75) is 25.9 Å². The van der Waals surface area contributed by atoms with Gasteiger partial charge in [-0.05, 0) is 24.7 Å². The lowest BCUT2D eigenvalue weighted by Gasteiger charge is -2.19. The molecule has 2 nitrogen and oxygen atoms in total. The summed E-state index contributed by atoms with van der Waals surface area (Å²) in [5.74, 6) is 0. The van der Waals surface area contributed by atoms with Crippen LogP contribution in [0.5, 0.6) is 0 Å². The molecule has 1 aromatic rings. The van der Waals surface area contributed by atoms with E-state index in [2.05, 4.69) is 58.6 Å². The lowest BCUT2D eigenvalue weighted by atomic mass is 10.1. The molecule has 1 rings (SSSR count). The van der Waals surface area contributed by atoms with Crippen LogP contribution in [0, 0.1) is 0 Å². The molecule has 0 radical (unpaired) electrons. The minimum atomic E-state index is 0.366. The molecule has 0 saturated carbocycles. The first-order valence-corrected chi connectivity index (χ1v) is 6.09. The van der Waals surface area contributed by atoms with Crippen LogP contribution in [-0.2, 0) is 0 Å². The second-order valence-corrected chi connectivity index (χ2v) is 4.87. The van der Waals surface area contributed by atoms with Crippen molar-refractivity contribution in [2.75, 3.05) is 13.6 Å². The van der Waals surface area contributed by atoms with Crippen LogP contribution in [0.3, 0.4) is 0 Å². The van der Waals surface area contributed by atoms with Crippen LogP contribution in [0.15, 0.2) is 28.7 Å². The molecule has 15 heavy (non-hydrogen) atoms. The third-order valence-electron chi connectivity index (χ3n) is 2.33. The number of halogens is 1. The molecule has 0 spiro atoms. The summed E-state index contributed by atoms with van der Waals surface area (Å²) in [6.07, 6.45) is 0. The van der Waals surface area contributed by atoms with Gasteiger partial charge >= 0.3 is 0 Å². The van der Waals surface area contributed by atoms with Crippen molar-refractivity contribution in [1.29, 1.82) is 0 Å². The Balaban J connectivity index is 2.65. The van der Waals surface area contributed by atoms with E-state index in [9.17, 15) is 0 Å². The molecule has 0 heterocycles. The van der Waals surface area contributed by atoms with E-state index < -0.39 is 0 Å². The molecule has 0 aliphatic heterocycles. The first-order chi connectivity index (χ1) is 7.13. The lowest BCUT2D eigenvalue weighted by molar-refractivity contribution is 0.491. The van der Waals surface area contributed by atoms with Gasteiger partial charge in [0.1, 0.15) is 0 Å². The predicted molar refractivity (Wildman–Crippen MR) is 69.1 cm³/mol. The third-order valence-corrected chi connectivity index (χ3v) is 2.82. The van der Waals surface area contributed by atoms with E-state index in [0.717, 1.165) is 11.0 Å². The van der Waals surface area contributed by atoms with E-state index in [-0.39, 0.29) is 0 Å². The Morgan fingerprint density at radius 2 is 2.07 bits per heavy atom. The van der Waals surface area contributed by atoms with Gasteiger partial charge in [-0.1, -0.05) is 41.9 Å². The zero-order chi connectivity index (χ0) is 11.3. The highest BCUT2D eigenvalue weighted by atomic mass is 79.9. The molecule has 1 unspecified atom stereocenters. The summed E-state index contributed by atoms with van der Waals surface area (Å²) in [5, 5.41) is 6.75. The van der Waals surface area contributed by atoms with Gasteiger partial charge in [-0.3, -0.25) is 0 Å². The first kappa shape index (κ1) is 12.7. The predicted octanol–water partition coefficient (Wildman–Crippen LogP) is 2.71. The third kappa shape index (κ3) is 4.33. The highest BCUT2D eigenvalue weighted by molar-refractivity contribution is 9.10. The molecule has 2 N–H and O–H groups in total. The Morgan fingerprint density at radius 3 is 2.60 bits per heavy atom. The van der Waals surface area contributed by atoms with Crippen molar-refractivity contribution in [3.8, 4) is 0 Å². The molecule has 0 bridgehead atoms. The number of hydrogen-bond donors (Lipinski definition) is 2. The van der Waals surface area contributed by atoms with E-state index in [1.165, 1.54) is 5.56 Å². The average molecular weight is 271 g/mol. The minimum Gasteiger partial charge on any atom is -0.313 e. The molecule has 0 amide bonds. The molecule has 1 aromatic carbocycles. The maximum absolute atomic E-state index is 3.49. The molecular formula is C12H19BrN2. The quantitative estimate of drug-likeness (QED) is 0.860. The Bertz CT molecular complexity index is 299. The van der Waals surface area contributed by atoms with Gasteiger partial charge in [-0.15, -0.1) is 0 Å². The highest BCUT2D eigenvalue weighted by Gasteiger charge is 2.09. The van der Waals surface area contributed by atoms with Crippen LogP contribution in [0.4, 0.5) is 0 Å². The summed E-state index contributed by atoms with van der Waals surface area (Å²) in [5.41, 5.74) is 1.31. The van der Waals surface area contributed by atoms with Crippen LogP contribution in [0.2, 0.25) is 0 Å². The van der Waals surface area contributed by atoms with Crippen LogP contribution >= 0.6 is 15.9 Å². The molecule has 0 aliphatic rings. The van der Waals surface area contributed by atoms with Crippen LogP contribution in [0.25, 0.3) is 0 Å². The zero-order valence-electron chi connectivity index (χ0n) is 9.55. The monoisotopic (exact) mass is 270 g/mol. The Kier molecular flexibility index (Phi) is 5.29. The van der Waals surface area contributed by atoms with Gasteiger partial charge < -0.3 is 10.6 Å². The second-order valence-electron chi connectivity index (χ2n) is 3.96. The van der Waals surface area contributed by atoms with E-state index in [0.29, 0.717) is 12.1 Å². The molecule has 84 valence electrons. The minimum absolute atomic E-state index is 0.366. The smallest absolute Gasteiger partial charge is 0.0444 e. The van der Waals surface area contributed by atoms with Crippen molar-refractivity contribution >= 4 is 15.9 Å². The number of hydrogen-bond acceptors (Lipinski definition) is 2. The molecule has 0 aliphatic carbocycles. The fraction of sp³-hybridized carbons (Fsp3) is 0.500. The van der Waals surface area contributed by atoms with E-state index in [1.807, 2.05) is 13.1 Å². The standard InChI is InChI=1S/C12H19BrN2/c1-9(2)15-8-12(14-3)10-5-4-6-11(13)7-10/h4-7,9,12,14-15H,8H2,1-3H3. The van der Waals surface area contributed by atoms with Gasteiger partial charge in [0.15, 0.2) is 0 Å². The second kappa shape index (κ2) is 6.26. The first-order valence-electron chi connectivity index (χ1n) is 5.29. The van der Waals surface area contributed by atoms with Gasteiger partial charge in [-0.2, -0.15) is 0 Å². The van der Waals surface area contributed by atoms with Gasteiger partial charge in [-0.25, -0.2) is 0 Å². The number of nitrogens with one attached hydrogen (secondary N) is 2. The van der Waals surface area contributed by atoms with Crippen LogP contribution in [-0.4, -0.2) is 19.6 Å². The molecule has 0 fully saturated rings. The van der Waals surface area contributed by atoms with Gasteiger partial charge in [0.2, 0.25) is 0 Å². The summed E-state index contributed by atoms with van der Waals surface area (Å²) in [7, 11) is 1.99. The molecule has 1 atom stereocenters. The normalized spacial score (nSPS) is 13.1. The van der Waals surface area contributed by atoms with E-state index >= 15 is 0 Å². The molecule has 0 aromatic heterocycles. The largest absolute Gasteiger partial charge is 0.313 e. The van der Waals surface area contributed by atoms with Gasteiger partial charge in [0.25, 0.3) is 0 Å². The maximum Gasteiger partial charge on any atom is 0.0444 e. The molecular weight excluding hydrogens is 252 g/mol. The SMILES string of the molecule is CNC(CNC(C)C)c1cccc(Br)c1. The van der Waals surface area contributed by atoms with Gasteiger partial charge in [0, 0.05) is 23.1 Å². The van der Waals surface area contributed by atoms with E-state index in [1.54, 1.807) is 0 Å². The Hall–Kier alpha value is -0.380. The Morgan fingerprint density at radius 1 is 1.33 bits per heavy atom. The summed E-state index contributed by atoms with van der Waals surface area (Å²) in [6, 6.07) is 9.31.